The van der Waals surface area contributed by atoms with Crippen molar-refractivity contribution in [2.24, 2.45) is 0 Å². The van der Waals surface area contributed by atoms with Crippen molar-refractivity contribution in [3.8, 4) is 0 Å². The number of carbonyl (C=O) groups excluding carboxylic acids is 1. The smallest absolute Gasteiger partial charge is 0.243 e. The van der Waals surface area contributed by atoms with E-state index in [4.69, 9.17) is 11.6 Å². The van der Waals surface area contributed by atoms with E-state index in [1.807, 2.05) is 12.1 Å². The van der Waals surface area contributed by atoms with Crippen LogP contribution in [0.1, 0.15) is 25.8 Å². The molecule has 3 aromatic rings. The van der Waals surface area contributed by atoms with Gasteiger partial charge in [-0.05, 0) is 35.9 Å². The fourth-order valence-corrected chi connectivity index (χ4v) is 4.69. The van der Waals surface area contributed by atoms with Crippen LogP contribution in [0.5, 0.6) is 0 Å². The number of nitrogens with zero attached hydrogens (tertiary/aromatic N) is 4. The predicted octanol–water partition coefficient (Wildman–Crippen LogP) is 2.82. The SMILES string of the molecule is CCN(CC)S(=O)(=O)c1ccc2c(c1)nnn2CCC(=O)NCc1ccc(Cl)cc1. The number of hydrogen-bond donors (Lipinski definition) is 1. The minimum Gasteiger partial charge on any atom is -0.352 e. The molecule has 1 aromatic heterocycles. The van der Waals surface area contributed by atoms with Gasteiger partial charge in [0.2, 0.25) is 15.9 Å². The average molecular weight is 450 g/mol. The first-order valence-corrected chi connectivity index (χ1v) is 11.5. The molecule has 0 saturated carbocycles. The Hall–Kier alpha value is -2.49. The predicted molar refractivity (Wildman–Crippen MR) is 116 cm³/mol. The van der Waals surface area contributed by atoms with Crippen LogP contribution in [-0.2, 0) is 27.9 Å². The molecule has 1 amide bonds. The Morgan fingerprint density at radius 1 is 1.13 bits per heavy atom. The molecule has 0 spiro atoms. The van der Waals surface area contributed by atoms with E-state index in [1.165, 1.54) is 10.4 Å². The van der Waals surface area contributed by atoms with Crippen molar-refractivity contribution in [1.82, 2.24) is 24.6 Å². The van der Waals surface area contributed by atoms with E-state index in [2.05, 4.69) is 15.6 Å². The average Bonchev–Trinajstić information content (AvgIpc) is 3.15. The zero-order valence-corrected chi connectivity index (χ0v) is 18.4. The van der Waals surface area contributed by atoms with E-state index in [1.54, 1.807) is 42.8 Å². The fourth-order valence-electron chi connectivity index (χ4n) is 3.09. The lowest BCUT2D eigenvalue weighted by Crippen LogP contribution is -2.30. The van der Waals surface area contributed by atoms with Gasteiger partial charge in [0.15, 0.2) is 0 Å². The van der Waals surface area contributed by atoms with Gasteiger partial charge in [-0.25, -0.2) is 13.1 Å². The highest BCUT2D eigenvalue weighted by Crippen LogP contribution is 2.20. The van der Waals surface area contributed by atoms with Gasteiger partial charge in [-0.2, -0.15) is 4.31 Å². The summed E-state index contributed by atoms with van der Waals surface area (Å²) in [5.41, 5.74) is 2.12. The maximum atomic E-state index is 12.7. The number of amides is 1. The highest BCUT2D eigenvalue weighted by Gasteiger charge is 2.22. The van der Waals surface area contributed by atoms with Crippen LogP contribution in [0.3, 0.4) is 0 Å². The quantitative estimate of drug-likeness (QED) is 0.541. The molecule has 0 aliphatic carbocycles. The Morgan fingerprint density at radius 2 is 1.83 bits per heavy atom. The van der Waals surface area contributed by atoms with Crippen molar-refractivity contribution in [3.05, 3.63) is 53.1 Å². The number of fused-ring (bicyclic) bond motifs is 1. The van der Waals surface area contributed by atoms with Gasteiger partial charge in [0.05, 0.1) is 17.0 Å². The molecule has 3 rings (SSSR count). The third-order valence-electron chi connectivity index (χ3n) is 4.78. The molecule has 10 heteroatoms. The van der Waals surface area contributed by atoms with Gasteiger partial charge in [-0.1, -0.05) is 42.8 Å². The van der Waals surface area contributed by atoms with Crippen molar-refractivity contribution in [2.45, 2.75) is 38.3 Å². The van der Waals surface area contributed by atoms with E-state index in [9.17, 15) is 13.2 Å². The number of rotatable bonds is 9. The molecule has 0 radical (unpaired) electrons. The Balaban J connectivity index is 1.64. The van der Waals surface area contributed by atoms with Crippen molar-refractivity contribution < 1.29 is 13.2 Å². The van der Waals surface area contributed by atoms with Crippen LogP contribution in [0.4, 0.5) is 0 Å². The van der Waals surface area contributed by atoms with Gasteiger partial charge >= 0.3 is 0 Å². The summed E-state index contributed by atoms with van der Waals surface area (Å²) in [4.78, 5) is 12.3. The first-order valence-electron chi connectivity index (χ1n) is 9.69. The van der Waals surface area contributed by atoms with E-state index >= 15 is 0 Å². The molecule has 1 N–H and O–H groups in total. The van der Waals surface area contributed by atoms with Gasteiger partial charge in [0.1, 0.15) is 5.52 Å². The third-order valence-corrected chi connectivity index (χ3v) is 7.08. The number of sulfonamides is 1. The number of carbonyl (C=O) groups is 1. The molecule has 0 aliphatic heterocycles. The summed E-state index contributed by atoms with van der Waals surface area (Å²) < 4.78 is 28.4. The summed E-state index contributed by atoms with van der Waals surface area (Å²) in [6.45, 7) is 5.15. The Morgan fingerprint density at radius 3 is 2.50 bits per heavy atom. The van der Waals surface area contributed by atoms with Crippen LogP contribution in [0.15, 0.2) is 47.4 Å². The van der Waals surface area contributed by atoms with E-state index in [0.29, 0.717) is 42.2 Å². The lowest BCUT2D eigenvalue weighted by atomic mass is 10.2. The summed E-state index contributed by atoms with van der Waals surface area (Å²) in [5, 5.41) is 11.6. The number of benzene rings is 2. The third kappa shape index (κ3) is 4.97. The lowest BCUT2D eigenvalue weighted by molar-refractivity contribution is -0.121. The largest absolute Gasteiger partial charge is 0.352 e. The van der Waals surface area contributed by atoms with E-state index < -0.39 is 10.0 Å². The molecule has 8 nitrogen and oxygen atoms in total. The maximum absolute atomic E-state index is 12.7. The van der Waals surface area contributed by atoms with Crippen LogP contribution in [0, 0.1) is 0 Å². The number of hydrogen-bond acceptors (Lipinski definition) is 5. The fraction of sp³-hybridized carbons (Fsp3) is 0.350. The number of halogens is 1. The lowest BCUT2D eigenvalue weighted by Gasteiger charge is -2.18. The molecule has 0 bridgehead atoms. The topological polar surface area (TPSA) is 97.2 Å². The van der Waals surface area contributed by atoms with Crippen LogP contribution in [-0.4, -0.2) is 46.7 Å². The van der Waals surface area contributed by atoms with Crippen molar-refractivity contribution in [2.75, 3.05) is 13.1 Å². The van der Waals surface area contributed by atoms with Crippen molar-refractivity contribution in [3.63, 3.8) is 0 Å². The molecule has 160 valence electrons. The maximum Gasteiger partial charge on any atom is 0.243 e. The van der Waals surface area contributed by atoms with Crippen LogP contribution in [0.2, 0.25) is 5.02 Å². The molecular weight excluding hydrogens is 426 g/mol. The Kier molecular flexibility index (Phi) is 7.06. The number of aryl methyl sites for hydroxylation is 1. The summed E-state index contributed by atoms with van der Waals surface area (Å²) in [6, 6.07) is 12.0. The van der Waals surface area contributed by atoms with Crippen LogP contribution < -0.4 is 5.32 Å². The van der Waals surface area contributed by atoms with Gasteiger partial charge in [0.25, 0.3) is 0 Å². The minimum absolute atomic E-state index is 0.116. The van der Waals surface area contributed by atoms with Gasteiger partial charge in [0, 0.05) is 31.1 Å². The number of nitrogens with one attached hydrogen (secondary N) is 1. The highest BCUT2D eigenvalue weighted by molar-refractivity contribution is 7.89. The summed E-state index contributed by atoms with van der Waals surface area (Å²) in [6.07, 6.45) is 0.228. The first-order chi connectivity index (χ1) is 14.3. The zero-order chi connectivity index (χ0) is 21.7. The molecule has 30 heavy (non-hydrogen) atoms. The molecule has 0 saturated heterocycles. The highest BCUT2D eigenvalue weighted by atomic mass is 35.5. The Labute approximate surface area is 180 Å². The van der Waals surface area contributed by atoms with Crippen molar-refractivity contribution in [1.29, 1.82) is 0 Å². The minimum atomic E-state index is -3.56. The van der Waals surface area contributed by atoms with Crippen molar-refractivity contribution >= 4 is 38.6 Å². The molecule has 0 atom stereocenters. The standard InChI is InChI=1S/C20H24ClN5O3S/c1-3-25(4-2)30(28,29)17-9-10-19-18(13-17)23-24-26(19)12-11-20(27)22-14-15-5-7-16(21)8-6-15/h5-10,13H,3-4,11-12,14H2,1-2H3,(H,22,27). The summed E-state index contributed by atoms with van der Waals surface area (Å²) in [5.74, 6) is -0.116. The van der Waals surface area contributed by atoms with Gasteiger partial charge in [-0.15, -0.1) is 5.10 Å². The van der Waals surface area contributed by atoms with E-state index in [-0.39, 0.29) is 17.2 Å². The zero-order valence-electron chi connectivity index (χ0n) is 16.9. The molecule has 0 fully saturated rings. The van der Waals surface area contributed by atoms with E-state index in [0.717, 1.165) is 5.56 Å². The second-order valence-corrected chi connectivity index (χ2v) is 9.08. The monoisotopic (exact) mass is 449 g/mol. The molecule has 2 aromatic carbocycles. The van der Waals surface area contributed by atoms with Gasteiger partial charge in [-0.3, -0.25) is 4.79 Å². The molecular formula is C20H24ClN5O3S. The second kappa shape index (κ2) is 9.55. The molecule has 0 aliphatic rings. The Bertz CT molecular complexity index is 1130. The van der Waals surface area contributed by atoms with Gasteiger partial charge < -0.3 is 5.32 Å². The van der Waals surface area contributed by atoms with Crippen LogP contribution in [0.25, 0.3) is 11.0 Å². The molecule has 0 unspecified atom stereocenters. The van der Waals surface area contributed by atoms with Crippen LogP contribution >= 0.6 is 11.6 Å². The first kappa shape index (κ1) is 22.2. The molecule has 1 heterocycles. The number of aromatic nitrogens is 3. The summed E-state index contributed by atoms with van der Waals surface area (Å²) in [7, 11) is -3.56. The normalized spacial score (nSPS) is 11.9. The summed E-state index contributed by atoms with van der Waals surface area (Å²) >= 11 is 5.85. The second-order valence-electron chi connectivity index (χ2n) is 6.71.